The van der Waals surface area contributed by atoms with Gasteiger partial charge in [-0.3, -0.25) is 4.79 Å². The Balaban J connectivity index is 1.50. The molecule has 0 bridgehead atoms. The number of phenols is 2. The van der Waals surface area contributed by atoms with Crippen LogP contribution in [0.2, 0.25) is 0 Å². The first kappa shape index (κ1) is 23.3. The van der Waals surface area contributed by atoms with Crippen LogP contribution in [0, 0.1) is 5.92 Å². The molecule has 1 aliphatic heterocycles. The predicted octanol–water partition coefficient (Wildman–Crippen LogP) is 1.48. The highest BCUT2D eigenvalue weighted by atomic mass is 16.5. The standard InChI is InChI=1S/C24H29NO8/c1-32-20-18(26)16-13-23(29,22(28)17(16)19(27)21(20)33-2)12-14-8-10-25(11-9-14)24(30,31)15-6-4-3-5-7-15/h3-7,14,26-27,29-31H,8-13H2,1-2H3. The number of phenolic OH excluding ortho intramolecular Hbond substituents is 2. The van der Waals surface area contributed by atoms with Gasteiger partial charge in [-0.1, -0.05) is 30.3 Å². The molecule has 1 unspecified atom stereocenters. The average molecular weight is 459 g/mol. The fourth-order valence-electron chi connectivity index (χ4n) is 5.06. The number of carbonyl (C=O) groups excluding carboxylic acids is 1. The maximum absolute atomic E-state index is 13.1. The van der Waals surface area contributed by atoms with E-state index in [1.54, 1.807) is 35.2 Å². The van der Waals surface area contributed by atoms with E-state index in [1.165, 1.54) is 14.2 Å². The molecule has 2 aliphatic rings. The number of fused-ring (bicyclic) bond motifs is 1. The number of aliphatic hydroxyl groups is 3. The molecule has 1 aliphatic carbocycles. The Morgan fingerprint density at radius 1 is 1.03 bits per heavy atom. The molecule has 4 rings (SSSR count). The van der Waals surface area contributed by atoms with Crippen molar-refractivity contribution in [1.29, 1.82) is 0 Å². The Morgan fingerprint density at radius 3 is 2.18 bits per heavy atom. The first-order valence-corrected chi connectivity index (χ1v) is 10.8. The number of methoxy groups -OCH3 is 2. The number of likely N-dealkylation sites (tertiary alicyclic amines) is 1. The minimum absolute atomic E-state index is 0.0656. The lowest BCUT2D eigenvalue weighted by Gasteiger charge is -2.41. The zero-order chi connectivity index (χ0) is 24.0. The van der Waals surface area contributed by atoms with E-state index >= 15 is 0 Å². The highest BCUT2D eigenvalue weighted by molar-refractivity contribution is 6.10. The van der Waals surface area contributed by atoms with Crippen molar-refractivity contribution in [2.24, 2.45) is 5.92 Å². The van der Waals surface area contributed by atoms with Crippen LogP contribution in [0.5, 0.6) is 23.0 Å². The smallest absolute Gasteiger partial charge is 0.253 e. The average Bonchev–Trinajstić information content (AvgIpc) is 3.07. The van der Waals surface area contributed by atoms with Crippen LogP contribution < -0.4 is 9.47 Å². The van der Waals surface area contributed by atoms with Crippen LogP contribution in [0.25, 0.3) is 0 Å². The highest BCUT2D eigenvalue weighted by Crippen LogP contribution is 2.53. The van der Waals surface area contributed by atoms with Crippen molar-refractivity contribution in [3.8, 4) is 23.0 Å². The normalized spacial score (nSPS) is 21.8. The molecular formula is C24H29NO8. The number of Topliss-reactive ketones (excluding diaryl/α,β-unsaturated/α-hetero) is 1. The van der Waals surface area contributed by atoms with Gasteiger partial charge in [-0.2, -0.15) is 0 Å². The molecule has 0 saturated carbocycles. The van der Waals surface area contributed by atoms with Crippen molar-refractivity contribution in [2.75, 3.05) is 27.3 Å². The quantitative estimate of drug-likeness (QED) is 0.321. The van der Waals surface area contributed by atoms with Gasteiger partial charge in [0, 0.05) is 30.6 Å². The van der Waals surface area contributed by atoms with Gasteiger partial charge in [0.1, 0.15) is 5.60 Å². The minimum atomic E-state index is -2.10. The second-order valence-corrected chi connectivity index (χ2v) is 8.79. The van der Waals surface area contributed by atoms with Gasteiger partial charge in [0.25, 0.3) is 5.91 Å². The Morgan fingerprint density at radius 2 is 1.61 bits per heavy atom. The molecule has 2 aromatic rings. The summed E-state index contributed by atoms with van der Waals surface area (Å²) in [7, 11) is 2.58. The molecule has 178 valence electrons. The van der Waals surface area contributed by atoms with Crippen LogP contribution in [0.4, 0.5) is 0 Å². The third-order valence-corrected chi connectivity index (χ3v) is 6.83. The van der Waals surface area contributed by atoms with E-state index in [0.29, 0.717) is 31.5 Å². The SMILES string of the molecule is COc1c(O)c2c(c(O)c1OC)C(=O)C(O)(CC1CCN(C(O)(O)c3ccccc3)CC1)C2. The van der Waals surface area contributed by atoms with Crippen LogP contribution >= 0.6 is 0 Å². The molecular weight excluding hydrogens is 430 g/mol. The van der Waals surface area contributed by atoms with Crippen molar-refractivity contribution in [1.82, 2.24) is 4.90 Å². The molecule has 33 heavy (non-hydrogen) atoms. The zero-order valence-corrected chi connectivity index (χ0v) is 18.6. The first-order chi connectivity index (χ1) is 15.6. The van der Waals surface area contributed by atoms with E-state index in [9.17, 15) is 30.3 Å². The van der Waals surface area contributed by atoms with Gasteiger partial charge >= 0.3 is 0 Å². The molecule has 0 spiro atoms. The van der Waals surface area contributed by atoms with E-state index in [4.69, 9.17) is 9.47 Å². The topological polar surface area (TPSA) is 140 Å². The zero-order valence-electron chi connectivity index (χ0n) is 18.6. The fourth-order valence-corrected chi connectivity index (χ4v) is 5.06. The number of hydrogen-bond donors (Lipinski definition) is 5. The summed E-state index contributed by atoms with van der Waals surface area (Å²) in [5.41, 5.74) is -1.45. The molecule has 1 saturated heterocycles. The van der Waals surface area contributed by atoms with E-state index in [1.807, 2.05) is 0 Å². The fraction of sp³-hybridized carbons (Fsp3) is 0.458. The lowest BCUT2D eigenvalue weighted by Crippen LogP contribution is -2.50. The lowest BCUT2D eigenvalue weighted by molar-refractivity contribution is -0.281. The summed E-state index contributed by atoms with van der Waals surface area (Å²) in [5, 5.41) is 53.7. The third-order valence-electron chi connectivity index (χ3n) is 6.83. The summed E-state index contributed by atoms with van der Waals surface area (Å²) in [5.74, 6) is -3.90. The minimum Gasteiger partial charge on any atom is -0.504 e. The second kappa shape index (κ2) is 8.49. The van der Waals surface area contributed by atoms with Crippen molar-refractivity contribution in [2.45, 2.75) is 37.2 Å². The van der Waals surface area contributed by atoms with Gasteiger partial charge in [0.2, 0.25) is 11.5 Å². The van der Waals surface area contributed by atoms with Gasteiger partial charge in [-0.05, 0) is 25.2 Å². The van der Waals surface area contributed by atoms with Crippen LogP contribution in [-0.4, -0.2) is 69.1 Å². The predicted molar refractivity (Wildman–Crippen MR) is 117 cm³/mol. The van der Waals surface area contributed by atoms with Crippen molar-refractivity contribution < 1.29 is 39.8 Å². The molecule has 9 nitrogen and oxygen atoms in total. The Labute approximate surface area is 191 Å². The van der Waals surface area contributed by atoms with Crippen LogP contribution in [0.15, 0.2) is 30.3 Å². The Bertz CT molecular complexity index is 1050. The first-order valence-electron chi connectivity index (χ1n) is 10.8. The monoisotopic (exact) mass is 459 g/mol. The highest BCUT2D eigenvalue weighted by Gasteiger charge is 2.50. The molecule has 1 fully saturated rings. The number of rotatable bonds is 6. The van der Waals surface area contributed by atoms with Crippen molar-refractivity contribution in [3.63, 3.8) is 0 Å². The number of hydrogen-bond acceptors (Lipinski definition) is 9. The van der Waals surface area contributed by atoms with Crippen molar-refractivity contribution >= 4 is 5.78 Å². The number of nitrogens with zero attached hydrogens (tertiary/aromatic N) is 1. The van der Waals surface area contributed by atoms with E-state index in [-0.39, 0.29) is 47.1 Å². The largest absolute Gasteiger partial charge is 0.504 e. The number of piperidine rings is 1. The number of benzene rings is 2. The summed E-state index contributed by atoms with van der Waals surface area (Å²) >= 11 is 0. The summed E-state index contributed by atoms with van der Waals surface area (Å²) in [4.78, 5) is 14.7. The van der Waals surface area contributed by atoms with Crippen molar-refractivity contribution in [3.05, 3.63) is 47.0 Å². The van der Waals surface area contributed by atoms with Gasteiger partial charge in [0.15, 0.2) is 17.3 Å². The Hall–Kier alpha value is -2.85. The molecule has 9 heteroatoms. The number of aromatic hydroxyl groups is 2. The molecule has 2 aromatic carbocycles. The maximum Gasteiger partial charge on any atom is 0.253 e. The number of carbonyl (C=O) groups is 1. The number of ketones is 1. The summed E-state index contributed by atoms with van der Waals surface area (Å²) in [6.45, 7) is 0.726. The molecule has 5 N–H and O–H groups in total. The van der Waals surface area contributed by atoms with Gasteiger partial charge < -0.3 is 35.0 Å². The molecule has 0 amide bonds. The third kappa shape index (κ3) is 3.80. The second-order valence-electron chi connectivity index (χ2n) is 8.79. The van der Waals surface area contributed by atoms with Crippen LogP contribution in [0.1, 0.15) is 40.7 Å². The van der Waals surface area contributed by atoms with E-state index in [0.717, 1.165) is 0 Å². The maximum atomic E-state index is 13.1. The van der Waals surface area contributed by atoms with Gasteiger partial charge in [0.05, 0.1) is 19.8 Å². The Kier molecular flexibility index (Phi) is 6.00. The van der Waals surface area contributed by atoms with Gasteiger partial charge in [-0.25, -0.2) is 4.90 Å². The summed E-state index contributed by atoms with van der Waals surface area (Å²) < 4.78 is 10.2. The van der Waals surface area contributed by atoms with Gasteiger partial charge in [-0.15, -0.1) is 0 Å². The van der Waals surface area contributed by atoms with Crippen LogP contribution in [0.3, 0.4) is 0 Å². The number of ether oxygens (including phenoxy) is 2. The molecule has 0 aromatic heterocycles. The summed E-state index contributed by atoms with van der Waals surface area (Å²) in [6.07, 6.45) is 1.03. The van der Waals surface area contributed by atoms with E-state index in [2.05, 4.69) is 0 Å². The summed E-state index contributed by atoms with van der Waals surface area (Å²) in [6, 6.07) is 8.55. The molecule has 1 heterocycles. The molecule has 0 radical (unpaired) electrons. The lowest BCUT2D eigenvalue weighted by atomic mass is 9.82. The van der Waals surface area contributed by atoms with E-state index < -0.39 is 23.0 Å². The van der Waals surface area contributed by atoms with Crippen LogP contribution in [-0.2, 0) is 12.3 Å². The molecule has 1 atom stereocenters.